The van der Waals surface area contributed by atoms with Crippen molar-refractivity contribution in [2.45, 2.75) is 58.9 Å². The van der Waals surface area contributed by atoms with Gasteiger partial charge in [0.2, 0.25) is 5.91 Å². The maximum Gasteiger partial charge on any atom is 0.221 e. The van der Waals surface area contributed by atoms with Crippen LogP contribution in [0, 0.1) is 19.8 Å². The Morgan fingerprint density at radius 1 is 1.13 bits per heavy atom. The lowest BCUT2D eigenvalue weighted by atomic mass is 9.86. The first-order valence-corrected chi connectivity index (χ1v) is 10.7. The van der Waals surface area contributed by atoms with Crippen molar-refractivity contribution in [2.75, 3.05) is 0 Å². The maximum atomic E-state index is 13.1. The highest BCUT2D eigenvalue weighted by Crippen LogP contribution is 2.38. The van der Waals surface area contributed by atoms with Crippen molar-refractivity contribution in [1.29, 1.82) is 0 Å². The van der Waals surface area contributed by atoms with Crippen LogP contribution in [-0.4, -0.2) is 33.0 Å². The van der Waals surface area contributed by atoms with E-state index in [2.05, 4.69) is 31.2 Å². The molecule has 30 heavy (non-hydrogen) atoms. The summed E-state index contributed by atoms with van der Waals surface area (Å²) < 4.78 is 0.792. The molecule has 1 aromatic heterocycles. The molecule has 1 amide bonds. The number of hydrogen-bond donors (Lipinski definition) is 1. The van der Waals surface area contributed by atoms with Gasteiger partial charge < -0.3 is 5.32 Å². The van der Waals surface area contributed by atoms with Crippen LogP contribution in [-0.2, 0) is 14.4 Å². The van der Waals surface area contributed by atoms with E-state index < -0.39 is 11.8 Å². The van der Waals surface area contributed by atoms with Crippen molar-refractivity contribution >= 4 is 33.4 Å². The molecule has 1 aliphatic rings. The van der Waals surface area contributed by atoms with Crippen molar-refractivity contribution in [3.63, 3.8) is 0 Å². The molecule has 1 fully saturated rings. The highest BCUT2D eigenvalue weighted by atomic mass is 79.9. The zero-order valence-corrected chi connectivity index (χ0v) is 19.5. The number of nitrogens with one attached hydrogen (secondary N) is 1. The second-order valence-corrected chi connectivity index (χ2v) is 9.87. The summed E-state index contributed by atoms with van der Waals surface area (Å²) in [5.74, 6) is -1.28. The van der Waals surface area contributed by atoms with Crippen LogP contribution >= 0.6 is 15.9 Å². The van der Waals surface area contributed by atoms with Crippen molar-refractivity contribution in [3.05, 3.63) is 45.7 Å². The van der Waals surface area contributed by atoms with Crippen LogP contribution in [0.4, 0.5) is 0 Å². The summed E-state index contributed by atoms with van der Waals surface area (Å²) >= 11 is 3.33. The Hall–Kier alpha value is -2.41. The highest BCUT2D eigenvalue weighted by Gasteiger charge is 2.44. The van der Waals surface area contributed by atoms with Crippen LogP contribution in [0.15, 0.2) is 29.0 Å². The number of Topliss-reactive ketones (excluding diaryl/α,β-unsaturated/α-hetero) is 2. The number of aryl methyl sites for hydroxylation is 2. The monoisotopic (exact) mass is 471 g/mol. The molecule has 0 saturated heterocycles. The Morgan fingerprint density at radius 3 is 2.23 bits per heavy atom. The third-order valence-corrected chi connectivity index (χ3v) is 5.57. The van der Waals surface area contributed by atoms with E-state index in [-0.39, 0.29) is 35.9 Å². The first-order valence-electron chi connectivity index (χ1n) is 9.93. The minimum absolute atomic E-state index is 0.0429. The lowest BCUT2D eigenvalue weighted by Crippen LogP contribution is -2.41. The van der Waals surface area contributed by atoms with Gasteiger partial charge in [-0.2, -0.15) is 0 Å². The molecule has 1 N–H and O–H groups in total. The Kier molecular flexibility index (Phi) is 6.22. The van der Waals surface area contributed by atoms with Crippen LogP contribution in [0.5, 0.6) is 0 Å². The Labute approximate surface area is 185 Å². The maximum absolute atomic E-state index is 13.1. The number of halogens is 1. The van der Waals surface area contributed by atoms with E-state index in [9.17, 15) is 14.4 Å². The van der Waals surface area contributed by atoms with Gasteiger partial charge >= 0.3 is 0 Å². The number of amides is 1. The number of hydrogen-bond acceptors (Lipinski definition) is 5. The average Bonchev–Trinajstić information content (AvgIpc) is 2.87. The summed E-state index contributed by atoms with van der Waals surface area (Å²) in [6.45, 7) is 9.45. The van der Waals surface area contributed by atoms with Crippen LogP contribution < -0.4 is 5.32 Å². The third-order valence-electron chi connectivity index (χ3n) is 5.16. The molecule has 0 aliphatic heterocycles. The Morgan fingerprint density at radius 2 is 1.70 bits per heavy atom. The number of aromatic nitrogens is 2. The fraction of sp³-hybridized carbons (Fsp3) is 0.435. The predicted octanol–water partition coefficient (Wildman–Crippen LogP) is 4.07. The average molecular weight is 472 g/mol. The molecule has 6 nitrogen and oxygen atoms in total. The van der Waals surface area contributed by atoms with Gasteiger partial charge in [-0.15, -0.1) is 0 Å². The van der Waals surface area contributed by atoms with Gasteiger partial charge in [0.15, 0.2) is 11.6 Å². The molecule has 1 aromatic carbocycles. The first kappa shape index (κ1) is 22.3. The van der Waals surface area contributed by atoms with Gasteiger partial charge in [0.25, 0.3) is 0 Å². The van der Waals surface area contributed by atoms with Crippen LogP contribution in [0.25, 0.3) is 11.4 Å². The van der Waals surface area contributed by atoms with Gasteiger partial charge in [-0.05, 0) is 79.4 Å². The zero-order valence-electron chi connectivity index (χ0n) is 17.9. The summed E-state index contributed by atoms with van der Waals surface area (Å²) in [7, 11) is 0. The summed E-state index contributed by atoms with van der Waals surface area (Å²) in [6.07, 6.45) is 3.51. The van der Waals surface area contributed by atoms with Gasteiger partial charge in [-0.1, -0.05) is 0 Å². The molecule has 7 heteroatoms. The predicted molar refractivity (Wildman–Crippen MR) is 118 cm³/mol. The van der Waals surface area contributed by atoms with E-state index in [0.717, 1.165) is 26.7 Å². The van der Waals surface area contributed by atoms with Gasteiger partial charge in [0.05, 0.1) is 4.47 Å². The minimum atomic E-state index is -0.808. The molecule has 158 valence electrons. The van der Waals surface area contributed by atoms with Crippen LogP contribution in [0.3, 0.4) is 0 Å². The van der Waals surface area contributed by atoms with E-state index in [0.29, 0.717) is 5.82 Å². The smallest absolute Gasteiger partial charge is 0.221 e. The summed E-state index contributed by atoms with van der Waals surface area (Å²) in [4.78, 5) is 46.8. The SMILES string of the molecule is Cc1cc(-c2ncc(Br)cn2)cc(C)c1C1C(=O)CC(CC(=O)NC(C)(C)C)C1=O. The molecule has 2 unspecified atom stereocenters. The van der Waals surface area contributed by atoms with Crippen molar-refractivity contribution < 1.29 is 14.4 Å². The topological polar surface area (TPSA) is 89.0 Å². The molecule has 1 saturated carbocycles. The Balaban J connectivity index is 1.86. The number of carbonyl (C=O) groups excluding carboxylic acids is 3. The van der Waals surface area contributed by atoms with Crippen molar-refractivity contribution in [2.24, 2.45) is 5.92 Å². The molecule has 1 heterocycles. The summed E-state index contributed by atoms with van der Waals surface area (Å²) in [5, 5.41) is 2.87. The highest BCUT2D eigenvalue weighted by molar-refractivity contribution is 9.10. The van der Waals surface area contributed by atoms with Gasteiger partial charge in [0, 0.05) is 42.3 Å². The van der Waals surface area contributed by atoms with E-state index in [1.54, 1.807) is 12.4 Å². The molecule has 0 bridgehead atoms. The molecule has 3 rings (SSSR count). The molecule has 2 aromatic rings. The van der Waals surface area contributed by atoms with Crippen LogP contribution in [0.2, 0.25) is 0 Å². The van der Waals surface area contributed by atoms with Gasteiger partial charge in [-0.3, -0.25) is 14.4 Å². The Bertz CT molecular complexity index is 986. The normalized spacial score (nSPS) is 19.3. The fourth-order valence-electron chi connectivity index (χ4n) is 4.05. The van der Waals surface area contributed by atoms with Crippen molar-refractivity contribution in [1.82, 2.24) is 15.3 Å². The molecular weight excluding hydrogens is 446 g/mol. The molecule has 2 atom stereocenters. The number of nitrogens with zero attached hydrogens (tertiary/aromatic N) is 2. The van der Waals surface area contributed by atoms with E-state index in [4.69, 9.17) is 0 Å². The molecule has 0 radical (unpaired) electrons. The number of benzene rings is 1. The number of ketones is 2. The largest absolute Gasteiger partial charge is 0.351 e. The number of rotatable bonds is 4. The van der Waals surface area contributed by atoms with Crippen molar-refractivity contribution in [3.8, 4) is 11.4 Å². The summed E-state index contributed by atoms with van der Waals surface area (Å²) in [5.41, 5.74) is 2.90. The lowest BCUT2D eigenvalue weighted by Gasteiger charge is -2.21. The first-order chi connectivity index (χ1) is 14.0. The number of carbonyl (C=O) groups is 3. The standard InChI is InChI=1S/C23H26BrN3O3/c1-12-6-15(22-25-10-16(24)11-26-22)7-13(2)19(12)20-17(28)8-14(21(20)30)9-18(29)27-23(3,4)5/h6-7,10-11,14,20H,8-9H2,1-5H3,(H,27,29). The quantitative estimate of drug-likeness (QED) is 0.678. The lowest BCUT2D eigenvalue weighted by molar-refractivity contribution is -0.129. The molecule has 0 spiro atoms. The summed E-state index contributed by atoms with van der Waals surface area (Å²) in [6, 6.07) is 3.82. The second kappa shape index (κ2) is 8.38. The van der Waals surface area contributed by atoms with Gasteiger partial charge in [-0.25, -0.2) is 9.97 Å². The zero-order chi connectivity index (χ0) is 22.2. The van der Waals surface area contributed by atoms with E-state index in [1.807, 2.05) is 46.8 Å². The third kappa shape index (κ3) is 4.83. The fourth-order valence-corrected chi connectivity index (χ4v) is 4.25. The molecule has 1 aliphatic carbocycles. The minimum Gasteiger partial charge on any atom is -0.351 e. The van der Waals surface area contributed by atoms with E-state index >= 15 is 0 Å². The van der Waals surface area contributed by atoms with Crippen LogP contribution in [0.1, 0.15) is 56.2 Å². The van der Waals surface area contributed by atoms with E-state index in [1.165, 1.54) is 0 Å². The second-order valence-electron chi connectivity index (χ2n) is 8.95. The molecular formula is C23H26BrN3O3. The van der Waals surface area contributed by atoms with Gasteiger partial charge in [0.1, 0.15) is 11.7 Å².